The highest BCUT2D eigenvalue weighted by molar-refractivity contribution is 9.10. The Balaban J connectivity index is 1.61. The van der Waals surface area contributed by atoms with Gasteiger partial charge in [0.05, 0.1) is 10.7 Å². The molecule has 2 aromatic rings. The van der Waals surface area contributed by atoms with Crippen LogP contribution < -0.4 is 0 Å². The number of hydrogen-bond donors (Lipinski definition) is 0. The molecule has 24 heavy (non-hydrogen) atoms. The number of carbonyl (C=O) groups excluding carboxylic acids is 1. The molecular weight excluding hydrogens is 372 g/mol. The van der Waals surface area contributed by atoms with Crippen molar-refractivity contribution < 1.29 is 4.79 Å². The van der Waals surface area contributed by atoms with Gasteiger partial charge in [-0.3, -0.25) is 14.4 Å². The number of carbonyl (C=O) groups is 1. The standard InChI is InChI=1S/C16H21BrN6O/c1-2-5-20-6-3-7-21(10-9-20)16(24)15-4-8-22(19-15)13-23-12-14(17)11-18-23/h2,4,8,11-12H,1,3,5-7,9-10,13H2. The van der Waals surface area contributed by atoms with Crippen LogP contribution in [0.3, 0.4) is 0 Å². The molecule has 0 radical (unpaired) electrons. The first-order valence-electron chi connectivity index (χ1n) is 7.99. The number of halogens is 1. The molecule has 1 aliphatic rings. The van der Waals surface area contributed by atoms with Crippen molar-refractivity contribution in [3.63, 3.8) is 0 Å². The molecule has 128 valence electrons. The summed E-state index contributed by atoms with van der Waals surface area (Å²) in [7, 11) is 0. The van der Waals surface area contributed by atoms with Crippen molar-refractivity contribution >= 4 is 21.8 Å². The van der Waals surface area contributed by atoms with Crippen molar-refractivity contribution in [3.8, 4) is 0 Å². The van der Waals surface area contributed by atoms with Gasteiger partial charge in [0.15, 0.2) is 0 Å². The third-order valence-electron chi connectivity index (χ3n) is 4.01. The molecule has 0 unspecified atom stereocenters. The molecule has 3 rings (SSSR count). The van der Waals surface area contributed by atoms with Gasteiger partial charge in [0.2, 0.25) is 0 Å². The zero-order valence-corrected chi connectivity index (χ0v) is 15.1. The molecule has 0 atom stereocenters. The van der Waals surface area contributed by atoms with Gasteiger partial charge in [-0.15, -0.1) is 6.58 Å². The lowest BCUT2D eigenvalue weighted by atomic mass is 10.3. The fraction of sp³-hybridized carbons (Fsp3) is 0.438. The summed E-state index contributed by atoms with van der Waals surface area (Å²) in [5.41, 5.74) is 0.485. The molecule has 0 aromatic carbocycles. The monoisotopic (exact) mass is 392 g/mol. The minimum absolute atomic E-state index is 0.00384. The van der Waals surface area contributed by atoms with Crippen LogP contribution in [0.1, 0.15) is 16.9 Å². The normalized spacial score (nSPS) is 16.1. The first kappa shape index (κ1) is 16.9. The number of nitrogens with zero attached hydrogens (tertiary/aromatic N) is 6. The van der Waals surface area contributed by atoms with Crippen molar-refractivity contribution in [2.24, 2.45) is 0 Å². The van der Waals surface area contributed by atoms with Gasteiger partial charge >= 0.3 is 0 Å². The lowest BCUT2D eigenvalue weighted by Crippen LogP contribution is -2.35. The van der Waals surface area contributed by atoms with E-state index in [2.05, 4.69) is 37.6 Å². The molecule has 2 aromatic heterocycles. The van der Waals surface area contributed by atoms with Crippen LogP contribution in [0.25, 0.3) is 0 Å². The lowest BCUT2D eigenvalue weighted by Gasteiger charge is -2.20. The SMILES string of the molecule is C=CCN1CCCN(C(=O)c2ccn(Cn3cc(Br)cn3)n2)CC1. The average molecular weight is 393 g/mol. The zero-order chi connectivity index (χ0) is 16.9. The van der Waals surface area contributed by atoms with Crippen molar-refractivity contribution in [2.45, 2.75) is 13.1 Å². The van der Waals surface area contributed by atoms with Gasteiger partial charge < -0.3 is 4.90 Å². The van der Waals surface area contributed by atoms with Gasteiger partial charge in [-0.1, -0.05) is 6.08 Å². The van der Waals surface area contributed by atoms with Gasteiger partial charge in [0.1, 0.15) is 12.4 Å². The summed E-state index contributed by atoms with van der Waals surface area (Å²) in [6.45, 7) is 8.50. The maximum Gasteiger partial charge on any atom is 0.274 e. The Labute approximate surface area is 149 Å². The molecule has 0 saturated carbocycles. The van der Waals surface area contributed by atoms with E-state index >= 15 is 0 Å². The van der Waals surface area contributed by atoms with E-state index in [9.17, 15) is 4.79 Å². The van der Waals surface area contributed by atoms with Crippen LogP contribution in [-0.2, 0) is 6.67 Å². The van der Waals surface area contributed by atoms with Gasteiger partial charge in [0.25, 0.3) is 5.91 Å². The highest BCUT2D eigenvalue weighted by Crippen LogP contribution is 2.09. The van der Waals surface area contributed by atoms with Crippen LogP contribution in [0.2, 0.25) is 0 Å². The molecule has 0 bridgehead atoms. The van der Waals surface area contributed by atoms with Crippen LogP contribution in [0, 0.1) is 0 Å². The molecule has 1 saturated heterocycles. The van der Waals surface area contributed by atoms with Crippen LogP contribution in [-0.4, -0.2) is 68.0 Å². The third-order valence-corrected chi connectivity index (χ3v) is 4.42. The Bertz CT molecular complexity index is 709. The molecular formula is C16H21BrN6O. The minimum atomic E-state index is -0.00384. The number of amides is 1. The second-order valence-corrected chi connectivity index (χ2v) is 6.73. The molecule has 0 N–H and O–H groups in total. The van der Waals surface area contributed by atoms with Gasteiger partial charge in [0, 0.05) is 45.1 Å². The Morgan fingerprint density at radius 3 is 2.92 bits per heavy atom. The van der Waals surface area contributed by atoms with E-state index in [1.165, 1.54) is 0 Å². The summed E-state index contributed by atoms with van der Waals surface area (Å²) in [4.78, 5) is 16.9. The first-order valence-corrected chi connectivity index (χ1v) is 8.79. The van der Waals surface area contributed by atoms with Gasteiger partial charge in [-0.05, 0) is 28.4 Å². The van der Waals surface area contributed by atoms with E-state index < -0.39 is 0 Å². The summed E-state index contributed by atoms with van der Waals surface area (Å²) in [6.07, 6.45) is 8.28. The topological polar surface area (TPSA) is 59.2 Å². The second-order valence-electron chi connectivity index (χ2n) is 5.81. The van der Waals surface area contributed by atoms with Crippen molar-refractivity contribution in [3.05, 3.63) is 47.5 Å². The predicted molar refractivity (Wildman–Crippen MR) is 94.7 cm³/mol. The quantitative estimate of drug-likeness (QED) is 0.726. The summed E-state index contributed by atoms with van der Waals surface area (Å²) in [5.74, 6) is -0.00384. The number of rotatable bonds is 5. The first-order chi connectivity index (χ1) is 11.7. The minimum Gasteiger partial charge on any atom is -0.336 e. The van der Waals surface area contributed by atoms with E-state index in [1.54, 1.807) is 21.6 Å². The average Bonchev–Trinajstić information content (AvgIpc) is 3.12. The van der Waals surface area contributed by atoms with Gasteiger partial charge in [-0.2, -0.15) is 10.2 Å². The predicted octanol–water partition coefficient (Wildman–Crippen LogP) is 1.68. The highest BCUT2D eigenvalue weighted by Gasteiger charge is 2.21. The molecule has 1 fully saturated rings. The lowest BCUT2D eigenvalue weighted by molar-refractivity contribution is 0.0755. The maximum absolute atomic E-state index is 12.7. The Kier molecular flexibility index (Phi) is 5.47. The second kappa shape index (κ2) is 7.76. The molecule has 1 aliphatic heterocycles. The van der Waals surface area contributed by atoms with Crippen LogP contribution in [0.15, 0.2) is 41.8 Å². The molecule has 1 amide bonds. The smallest absolute Gasteiger partial charge is 0.274 e. The molecule has 0 spiro atoms. The Hall–Kier alpha value is -1.93. The summed E-state index contributed by atoms with van der Waals surface area (Å²) < 4.78 is 4.39. The van der Waals surface area contributed by atoms with E-state index in [1.807, 2.05) is 23.4 Å². The largest absolute Gasteiger partial charge is 0.336 e. The third kappa shape index (κ3) is 4.12. The molecule has 3 heterocycles. The van der Waals surface area contributed by atoms with Crippen LogP contribution >= 0.6 is 15.9 Å². The van der Waals surface area contributed by atoms with E-state index in [0.717, 1.165) is 43.6 Å². The van der Waals surface area contributed by atoms with Gasteiger partial charge in [-0.25, -0.2) is 4.68 Å². The van der Waals surface area contributed by atoms with Crippen LogP contribution in [0.4, 0.5) is 0 Å². The molecule has 7 nitrogen and oxygen atoms in total. The van der Waals surface area contributed by atoms with Crippen molar-refractivity contribution in [1.82, 2.24) is 29.4 Å². The van der Waals surface area contributed by atoms with E-state index in [4.69, 9.17) is 0 Å². The van der Waals surface area contributed by atoms with E-state index in [0.29, 0.717) is 12.4 Å². The van der Waals surface area contributed by atoms with Crippen molar-refractivity contribution in [2.75, 3.05) is 32.7 Å². The molecule has 0 aliphatic carbocycles. The number of hydrogen-bond acceptors (Lipinski definition) is 4. The Morgan fingerprint density at radius 2 is 2.17 bits per heavy atom. The number of aromatic nitrogens is 4. The maximum atomic E-state index is 12.7. The zero-order valence-electron chi connectivity index (χ0n) is 13.5. The highest BCUT2D eigenvalue weighted by atomic mass is 79.9. The Morgan fingerprint density at radius 1 is 1.29 bits per heavy atom. The van der Waals surface area contributed by atoms with Crippen LogP contribution in [0.5, 0.6) is 0 Å². The molecule has 8 heteroatoms. The fourth-order valence-electron chi connectivity index (χ4n) is 2.82. The fourth-order valence-corrected chi connectivity index (χ4v) is 3.15. The summed E-state index contributed by atoms with van der Waals surface area (Å²) >= 11 is 3.37. The summed E-state index contributed by atoms with van der Waals surface area (Å²) in [5, 5.41) is 8.59. The summed E-state index contributed by atoms with van der Waals surface area (Å²) in [6, 6.07) is 1.77. The van der Waals surface area contributed by atoms with E-state index in [-0.39, 0.29) is 5.91 Å². The van der Waals surface area contributed by atoms with Crippen molar-refractivity contribution in [1.29, 1.82) is 0 Å².